The smallest absolute Gasteiger partial charge is 0.0754 e. The molecule has 0 spiro atoms. The van der Waals surface area contributed by atoms with Crippen molar-refractivity contribution in [3.05, 3.63) is 5.92 Å². The standard InChI is InChI=1S/C4H7Br2/c1-3(2)4(5)6/h4H,1-2H3. The van der Waals surface area contributed by atoms with Gasteiger partial charge in [-0.05, 0) is 5.92 Å². The molecule has 0 N–H and O–H groups in total. The summed E-state index contributed by atoms with van der Waals surface area (Å²) in [6.45, 7) is 4.13. The zero-order valence-electron chi connectivity index (χ0n) is 3.83. The molecule has 1 radical (unpaired) electrons. The van der Waals surface area contributed by atoms with E-state index in [-0.39, 0.29) is 0 Å². The van der Waals surface area contributed by atoms with Crippen molar-refractivity contribution in [2.24, 2.45) is 0 Å². The van der Waals surface area contributed by atoms with E-state index in [1.807, 2.05) is 0 Å². The van der Waals surface area contributed by atoms with E-state index in [4.69, 9.17) is 0 Å². The molecule has 2 heteroatoms. The molecule has 0 aromatic carbocycles. The summed E-state index contributed by atoms with van der Waals surface area (Å²) in [7, 11) is 0. The molecule has 0 heterocycles. The lowest BCUT2D eigenvalue weighted by Gasteiger charge is -2.00. The van der Waals surface area contributed by atoms with Crippen LogP contribution in [0.5, 0.6) is 0 Å². The monoisotopic (exact) mass is 213 g/mol. The first-order valence-corrected chi connectivity index (χ1v) is 3.56. The van der Waals surface area contributed by atoms with Crippen LogP contribution in [0.25, 0.3) is 0 Å². The number of alkyl halides is 2. The third-order valence-corrected chi connectivity index (χ3v) is 2.27. The lowest BCUT2D eigenvalue weighted by molar-refractivity contribution is 1.10. The Morgan fingerprint density at radius 3 is 1.50 bits per heavy atom. The van der Waals surface area contributed by atoms with Gasteiger partial charge in [0.1, 0.15) is 0 Å². The molecule has 0 bridgehead atoms. The second-order valence-corrected chi connectivity index (χ2v) is 4.44. The summed E-state index contributed by atoms with van der Waals surface area (Å²) in [5.41, 5.74) is 0. The Morgan fingerprint density at radius 1 is 1.33 bits per heavy atom. The zero-order chi connectivity index (χ0) is 5.15. The van der Waals surface area contributed by atoms with Crippen molar-refractivity contribution >= 4 is 31.9 Å². The summed E-state index contributed by atoms with van der Waals surface area (Å²) in [5, 5.41) is 0. The van der Waals surface area contributed by atoms with Crippen molar-refractivity contribution in [2.45, 2.75) is 17.6 Å². The minimum atomic E-state index is 0.394. The SMILES string of the molecule is C[C](C)C(Br)Br. The molecule has 0 aliphatic rings. The van der Waals surface area contributed by atoms with Crippen LogP contribution in [0.4, 0.5) is 0 Å². The van der Waals surface area contributed by atoms with Gasteiger partial charge in [0.15, 0.2) is 0 Å². The van der Waals surface area contributed by atoms with Crippen LogP contribution in [0.15, 0.2) is 0 Å². The number of hydrogen-bond donors (Lipinski definition) is 0. The van der Waals surface area contributed by atoms with E-state index in [0.29, 0.717) is 3.74 Å². The fourth-order valence-electron chi connectivity index (χ4n) is 0. The molecule has 0 saturated heterocycles. The normalized spacial score (nSPS) is 11.0. The molecule has 0 amide bonds. The molecule has 0 rings (SSSR count). The van der Waals surface area contributed by atoms with Gasteiger partial charge < -0.3 is 0 Å². The van der Waals surface area contributed by atoms with E-state index in [0.717, 1.165) is 0 Å². The molecule has 0 atom stereocenters. The van der Waals surface area contributed by atoms with E-state index in [9.17, 15) is 0 Å². The van der Waals surface area contributed by atoms with Crippen molar-refractivity contribution in [1.29, 1.82) is 0 Å². The van der Waals surface area contributed by atoms with Crippen LogP contribution < -0.4 is 0 Å². The van der Waals surface area contributed by atoms with Gasteiger partial charge in [-0.2, -0.15) is 0 Å². The van der Waals surface area contributed by atoms with Crippen molar-refractivity contribution < 1.29 is 0 Å². The van der Waals surface area contributed by atoms with Crippen LogP contribution in [-0.2, 0) is 0 Å². The summed E-state index contributed by atoms with van der Waals surface area (Å²) in [5.74, 6) is 1.34. The van der Waals surface area contributed by atoms with E-state index < -0.39 is 0 Å². The molecule has 0 unspecified atom stereocenters. The maximum atomic E-state index is 3.32. The zero-order valence-corrected chi connectivity index (χ0v) is 7.01. The van der Waals surface area contributed by atoms with E-state index in [2.05, 4.69) is 45.7 Å². The van der Waals surface area contributed by atoms with Gasteiger partial charge in [0, 0.05) is 0 Å². The van der Waals surface area contributed by atoms with E-state index in [1.165, 1.54) is 5.92 Å². The van der Waals surface area contributed by atoms with Gasteiger partial charge in [-0.25, -0.2) is 0 Å². The van der Waals surface area contributed by atoms with Gasteiger partial charge in [0.05, 0.1) is 3.74 Å². The highest BCUT2D eigenvalue weighted by molar-refractivity contribution is 9.24. The quantitative estimate of drug-likeness (QED) is 0.589. The molecule has 6 heavy (non-hydrogen) atoms. The molecule has 0 aliphatic heterocycles. The van der Waals surface area contributed by atoms with Gasteiger partial charge in [-0.3, -0.25) is 0 Å². The highest BCUT2D eigenvalue weighted by Crippen LogP contribution is 2.19. The average Bonchev–Trinajstić information content (AvgIpc) is 1.36. The maximum absolute atomic E-state index is 3.32. The molecule has 0 aliphatic carbocycles. The van der Waals surface area contributed by atoms with Crippen molar-refractivity contribution in [1.82, 2.24) is 0 Å². The lowest BCUT2D eigenvalue weighted by Crippen LogP contribution is -1.91. The van der Waals surface area contributed by atoms with Crippen molar-refractivity contribution in [3.8, 4) is 0 Å². The Labute approximate surface area is 55.6 Å². The molecule has 37 valence electrons. The second-order valence-electron chi connectivity index (χ2n) is 1.38. The fraction of sp³-hybridized carbons (Fsp3) is 0.750. The van der Waals surface area contributed by atoms with Crippen molar-refractivity contribution in [3.63, 3.8) is 0 Å². The minimum absolute atomic E-state index is 0.394. The van der Waals surface area contributed by atoms with Crippen LogP contribution in [0.3, 0.4) is 0 Å². The largest absolute Gasteiger partial charge is 0.0759 e. The second kappa shape index (κ2) is 3.03. The van der Waals surface area contributed by atoms with Gasteiger partial charge in [0.2, 0.25) is 0 Å². The molecule has 0 aromatic rings. The summed E-state index contributed by atoms with van der Waals surface area (Å²) in [4.78, 5) is 0. The summed E-state index contributed by atoms with van der Waals surface area (Å²) < 4.78 is 0.394. The predicted octanol–water partition coefficient (Wildman–Crippen LogP) is 2.72. The van der Waals surface area contributed by atoms with Crippen molar-refractivity contribution in [2.75, 3.05) is 0 Å². The summed E-state index contributed by atoms with van der Waals surface area (Å²) >= 11 is 6.64. The molecule has 0 fully saturated rings. The molecular formula is C4H7Br2. The Morgan fingerprint density at radius 2 is 1.50 bits per heavy atom. The van der Waals surface area contributed by atoms with Gasteiger partial charge in [-0.1, -0.05) is 45.7 Å². The van der Waals surface area contributed by atoms with Gasteiger partial charge >= 0.3 is 0 Å². The molecule has 0 saturated carbocycles. The Hall–Kier alpha value is 0.960. The van der Waals surface area contributed by atoms with Crippen LogP contribution in [0.1, 0.15) is 13.8 Å². The van der Waals surface area contributed by atoms with E-state index >= 15 is 0 Å². The average molecular weight is 215 g/mol. The number of hydrogen-bond acceptors (Lipinski definition) is 0. The van der Waals surface area contributed by atoms with Gasteiger partial charge in [0.25, 0.3) is 0 Å². The highest BCUT2D eigenvalue weighted by atomic mass is 79.9. The van der Waals surface area contributed by atoms with Crippen LogP contribution >= 0.6 is 31.9 Å². The summed E-state index contributed by atoms with van der Waals surface area (Å²) in [6, 6.07) is 0. The van der Waals surface area contributed by atoms with Crippen LogP contribution in [-0.4, -0.2) is 3.74 Å². The first-order valence-electron chi connectivity index (χ1n) is 1.73. The Bertz CT molecular complexity index is 26.5. The predicted molar refractivity (Wildman–Crippen MR) is 36.2 cm³/mol. The Kier molecular flexibility index (Phi) is 3.51. The fourth-order valence-corrected chi connectivity index (χ4v) is 0. The topological polar surface area (TPSA) is 0 Å². The van der Waals surface area contributed by atoms with E-state index in [1.54, 1.807) is 0 Å². The molecule has 0 nitrogen and oxygen atoms in total. The maximum Gasteiger partial charge on any atom is 0.0754 e. The third-order valence-electron chi connectivity index (χ3n) is 0.436. The van der Waals surface area contributed by atoms with Crippen LogP contribution in [0.2, 0.25) is 0 Å². The first-order chi connectivity index (χ1) is 2.64. The van der Waals surface area contributed by atoms with Crippen LogP contribution in [0, 0.1) is 5.92 Å². The number of rotatable bonds is 1. The van der Waals surface area contributed by atoms with Gasteiger partial charge in [-0.15, -0.1) is 0 Å². The first kappa shape index (κ1) is 6.96. The molecule has 0 aromatic heterocycles. The number of halogens is 2. The third kappa shape index (κ3) is 3.16. The Balaban J connectivity index is 2.99. The minimum Gasteiger partial charge on any atom is -0.0759 e. The molecular weight excluding hydrogens is 208 g/mol. The lowest BCUT2D eigenvalue weighted by atomic mass is 10.3. The summed E-state index contributed by atoms with van der Waals surface area (Å²) in [6.07, 6.45) is 0. The highest BCUT2D eigenvalue weighted by Gasteiger charge is 2.00.